The van der Waals surface area contributed by atoms with Crippen molar-refractivity contribution in [3.63, 3.8) is 0 Å². The van der Waals surface area contributed by atoms with Crippen LogP contribution in [0.25, 0.3) is 11.3 Å². The fourth-order valence-corrected chi connectivity index (χ4v) is 4.94. The molecule has 33 heavy (non-hydrogen) atoms. The summed E-state index contributed by atoms with van der Waals surface area (Å²) in [6, 6.07) is 5.77. The Labute approximate surface area is 194 Å². The summed E-state index contributed by atoms with van der Waals surface area (Å²) in [4.78, 5) is 26.7. The van der Waals surface area contributed by atoms with E-state index in [1.165, 1.54) is 12.3 Å². The lowest BCUT2D eigenvalue weighted by Crippen LogP contribution is -2.33. The van der Waals surface area contributed by atoms with E-state index in [4.69, 9.17) is 9.47 Å². The summed E-state index contributed by atoms with van der Waals surface area (Å²) >= 11 is 0. The Kier molecular flexibility index (Phi) is 6.52. The number of hydrogen-bond donors (Lipinski definition) is 1. The van der Waals surface area contributed by atoms with Crippen molar-refractivity contribution in [1.82, 2.24) is 4.57 Å². The van der Waals surface area contributed by atoms with Crippen LogP contribution < -0.4 is 15.1 Å². The highest BCUT2D eigenvalue weighted by Gasteiger charge is 2.34. The normalized spacial score (nSPS) is 17.6. The maximum atomic E-state index is 12.7. The van der Waals surface area contributed by atoms with Gasteiger partial charge in [-0.05, 0) is 42.4 Å². The molecular weight excluding hydrogens is 420 g/mol. The number of ether oxygens (including phenoxy) is 2. The van der Waals surface area contributed by atoms with Gasteiger partial charge in [-0.2, -0.15) is 0 Å². The monoisotopic (exact) mass is 454 g/mol. The number of methoxy groups -OCH3 is 1. The third kappa shape index (κ3) is 4.64. The third-order valence-electron chi connectivity index (χ3n) is 6.72. The van der Waals surface area contributed by atoms with Crippen LogP contribution in [0.2, 0.25) is 0 Å². The minimum Gasteiger partial charge on any atom is -0.491 e. The van der Waals surface area contributed by atoms with E-state index in [1.54, 1.807) is 7.11 Å². The van der Waals surface area contributed by atoms with Gasteiger partial charge >= 0.3 is 5.97 Å². The van der Waals surface area contributed by atoms with E-state index in [1.807, 2.05) is 4.57 Å². The van der Waals surface area contributed by atoms with E-state index >= 15 is 0 Å². The predicted molar refractivity (Wildman–Crippen MR) is 129 cm³/mol. The Bertz CT molecular complexity index is 1090. The summed E-state index contributed by atoms with van der Waals surface area (Å²) in [5.41, 5.74) is 3.14. The van der Waals surface area contributed by atoms with Crippen LogP contribution in [0.4, 0.5) is 5.69 Å². The molecule has 1 aromatic heterocycles. The van der Waals surface area contributed by atoms with Gasteiger partial charge in [0.2, 0.25) is 0 Å². The molecule has 2 aliphatic rings. The summed E-state index contributed by atoms with van der Waals surface area (Å²) in [7, 11) is 1.69. The molecule has 0 aliphatic carbocycles. The molecule has 178 valence electrons. The number of carboxylic acids is 1. The molecule has 2 aliphatic heterocycles. The maximum Gasteiger partial charge on any atom is 0.341 e. The van der Waals surface area contributed by atoms with Crippen LogP contribution >= 0.6 is 0 Å². The zero-order valence-electron chi connectivity index (χ0n) is 20.0. The van der Waals surface area contributed by atoms with Gasteiger partial charge in [-0.1, -0.05) is 20.8 Å². The highest BCUT2D eigenvalue weighted by Crippen LogP contribution is 2.46. The second kappa shape index (κ2) is 9.21. The highest BCUT2D eigenvalue weighted by molar-refractivity contribution is 5.88. The van der Waals surface area contributed by atoms with E-state index in [0.717, 1.165) is 67.0 Å². The fourth-order valence-electron chi connectivity index (χ4n) is 4.94. The number of fused-ring (bicyclic) bond motifs is 3. The average Bonchev–Trinajstić information content (AvgIpc) is 3.29. The SMILES string of the molecule is COCCCOc1cc2c(cc1N1CCCC1)-c1cc(=O)c(C(=O)O)cn1[C@H](C(C)(C)C)C2. The molecule has 7 heteroatoms. The Balaban J connectivity index is 1.86. The Hall–Kier alpha value is -2.80. The molecule has 0 spiro atoms. The Morgan fingerprint density at radius 2 is 1.88 bits per heavy atom. The minimum atomic E-state index is -1.19. The molecule has 0 saturated carbocycles. The topological polar surface area (TPSA) is 81.0 Å². The Morgan fingerprint density at radius 3 is 2.52 bits per heavy atom. The molecule has 1 saturated heterocycles. The standard InChI is InChI=1S/C26H34N2O5/c1-26(2,3)24-13-17-12-23(33-11-7-10-32-4)21(27-8-5-6-9-27)14-18(17)20-15-22(29)19(25(30)31)16-28(20)24/h12,14-16,24H,5-11,13H2,1-4H3,(H,30,31)/t24-/m0/s1. The van der Waals surface area contributed by atoms with Gasteiger partial charge in [-0.3, -0.25) is 4.79 Å². The number of rotatable bonds is 7. The van der Waals surface area contributed by atoms with Gasteiger partial charge in [0.15, 0.2) is 5.43 Å². The van der Waals surface area contributed by atoms with Crippen LogP contribution in [0.5, 0.6) is 5.75 Å². The smallest absolute Gasteiger partial charge is 0.341 e. The number of carbonyl (C=O) groups is 1. The van der Waals surface area contributed by atoms with Gasteiger partial charge in [-0.25, -0.2) is 4.79 Å². The summed E-state index contributed by atoms with van der Waals surface area (Å²) in [6.07, 6.45) is 5.37. The van der Waals surface area contributed by atoms with Crippen molar-refractivity contribution < 1.29 is 19.4 Å². The van der Waals surface area contributed by atoms with Gasteiger partial charge in [0.05, 0.1) is 18.0 Å². The lowest BCUT2D eigenvalue weighted by molar-refractivity contribution is 0.0693. The number of aromatic nitrogens is 1. The molecule has 0 radical (unpaired) electrons. The van der Waals surface area contributed by atoms with E-state index in [2.05, 4.69) is 37.8 Å². The largest absolute Gasteiger partial charge is 0.491 e. The van der Waals surface area contributed by atoms with Crippen LogP contribution in [-0.2, 0) is 11.2 Å². The molecule has 1 atom stereocenters. The molecule has 0 unspecified atom stereocenters. The van der Waals surface area contributed by atoms with Crippen molar-refractivity contribution in [2.24, 2.45) is 5.41 Å². The first-order chi connectivity index (χ1) is 15.7. The lowest BCUT2D eigenvalue weighted by Gasteiger charge is -2.39. The van der Waals surface area contributed by atoms with Crippen LogP contribution in [-0.4, -0.2) is 49.1 Å². The second-order valence-electron chi connectivity index (χ2n) is 10.1. The van der Waals surface area contributed by atoms with Crippen LogP contribution in [0.15, 0.2) is 29.2 Å². The first-order valence-corrected chi connectivity index (χ1v) is 11.7. The molecule has 0 bridgehead atoms. The fraction of sp³-hybridized carbons (Fsp3) is 0.538. The third-order valence-corrected chi connectivity index (χ3v) is 6.72. The average molecular weight is 455 g/mol. The van der Waals surface area contributed by atoms with E-state index in [-0.39, 0.29) is 17.0 Å². The van der Waals surface area contributed by atoms with Crippen LogP contribution in [0.1, 0.15) is 62.0 Å². The van der Waals surface area contributed by atoms with Crippen molar-refractivity contribution in [2.45, 2.75) is 52.5 Å². The zero-order chi connectivity index (χ0) is 23.8. The van der Waals surface area contributed by atoms with Gasteiger partial charge in [0.25, 0.3) is 0 Å². The molecule has 2 aromatic rings. The minimum absolute atomic E-state index is 0.0117. The molecule has 3 heterocycles. The molecule has 7 nitrogen and oxygen atoms in total. The highest BCUT2D eigenvalue weighted by atomic mass is 16.5. The summed E-state index contributed by atoms with van der Waals surface area (Å²) < 4.78 is 13.4. The number of aromatic carboxylic acids is 1. The number of benzene rings is 1. The van der Waals surface area contributed by atoms with E-state index in [0.29, 0.717) is 13.2 Å². The van der Waals surface area contributed by atoms with Crippen LogP contribution in [0.3, 0.4) is 0 Å². The predicted octanol–water partition coefficient (Wildman–Crippen LogP) is 4.37. The first kappa shape index (κ1) is 23.4. The molecule has 0 amide bonds. The number of anilines is 1. The molecular formula is C26H34N2O5. The molecule has 1 aromatic carbocycles. The van der Waals surface area contributed by atoms with Crippen molar-refractivity contribution in [3.8, 4) is 17.0 Å². The first-order valence-electron chi connectivity index (χ1n) is 11.7. The number of nitrogens with zero attached hydrogens (tertiary/aromatic N) is 2. The van der Waals surface area contributed by atoms with Gasteiger partial charge in [-0.15, -0.1) is 0 Å². The van der Waals surface area contributed by atoms with Crippen molar-refractivity contribution in [3.05, 3.63) is 45.7 Å². The summed E-state index contributed by atoms with van der Waals surface area (Å²) in [6.45, 7) is 9.61. The summed E-state index contributed by atoms with van der Waals surface area (Å²) in [5, 5.41) is 9.55. The van der Waals surface area contributed by atoms with Gasteiger partial charge in [0.1, 0.15) is 11.3 Å². The molecule has 4 rings (SSSR count). The number of pyridine rings is 1. The molecule has 1 fully saturated rings. The lowest BCUT2D eigenvalue weighted by atomic mass is 9.78. The number of hydrogen-bond acceptors (Lipinski definition) is 5. The van der Waals surface area contributed by atoms with Crippen LogP contribution in [0, 0.1) is 5.41 Å². The zero-order valence-corrected chi connectivity index (χ0v) is 20.0. The van der Waals surface area contributed by atoms with Crippen molar-refractivity contribution in [2.75, 3.05) is 38.3 Å². The Morgan fingerprint density at radius 1 is 1.15 bits per heavy atom. The van der Waals surface area contributed by atoms with E-state index < -0.39 is 11.4 Å². The number of carboxylic acid groups (broad SMARTS) is 1. The second-order valence-corrected chi connectivity index (χ2v) is 10.1. The summed E-state index contributed by atoms with van der Waals surface area (Å²) in [5.74, 6) is -0.316. The van der Waals surface area contributed by atoms with Gasteiger partial charge in [0, 0.05) is 57.1 Å². The van der Waals surface area contributed by atoms with E-state index in [9.17, 15) is 14.7 Å². The quantitative estimate of drug-likeness (QED) is 0.626. The van der Waals surface area contributed by atoms with Crippen molar-refractivity contribution in [1.29, 1.82) is 0 Å². The molecule has 1 N–H and O–H groups in total. The maximum absolute atomic E-state index is 12.7. The van der Waals surface area contributed by atoms with Gasteiger partial charge < -0.3 is 24.0 Å². The van der Waals surface area contributed by atoms with Crippen molar-refractivity contribution >= 4 is 11.7 Å².